The molecule has 0 aromatic rings. The molecule has 0 bridgehead atoms. The third-order valence-electron chi connectivity index (χ3n) is 10.9. The number of carbonyl (C=O) groups excluding carboxylic acids is 1. The van der Waals surface area contributed by atoms with E-state index in [1.165, 1.54) is 167 Å². The van der Waals surface area contributed by atoms with Crippen molar-refractivity contribution in [3.63, 3.8) is 0 Å². The van der Waals surface area contributed by atoms with E-state index in [1.54, 1.807) is 0 Å². The lowest BCUT2D eigenvalue weighted by Crippen LogP contribution is -2.39. The molecule has 7 heteroatoms. The van der Waals surface area contributed by atoms with Gasteiger partial charge in [0.2, 0.25) is 0 Å². The SMILES string of the molecule is CCCCCCCC/C=C\CCCCCCCCOCC(COCCCCCCCC/C=C\CCCCCCCC)OC(=O)NCCN(C)CCN(CC)CC. The fourth-order valence-corrected chi connectivity index (χ4v) is 6.95. The van der Waals surface area contributed by atoms with Gasteiger partial charge in [0.1, 0.15) is 0 Å². The number of carbonyl (C=O) groups is 1. The standard InChI is InChI=1S/C49H97N3O4/c1-6-10-12-14-16-18-20-22-24-26-28-30-32-34-36-38-44-54-46-48(56-49(53)50-40-41-51(5)42-43-52(8-3)9-4)47-55-45-39-37-35-33-31-29-27-25-23-21-19-17-15-13-11-7-2/h22-25,48H,6-21,26-47H2,1-5H3,(H,50,53)/b24-22-,25-23-. The summed E-state index contributed by atoms with van der Waals surface area (Å²) >= 11 is 0. The molecule has 0 saturated carbocycles. The first-order valence-corrected chi connectivity index (χ1v) is 24.4. The summed E-state index contributed by atoms with van der Waals surface area (Å²) in [5.74, 6) is 0. The molecule has 1 N–H and O–H groups in total. The summed E-state index contributed by atoms with van der Waals surface area (Å²) in [6, 6.07) is 0. The molecule has 0 unspecified atom stereocenters. The lowest BCUT2D eigenvalue weighted by atomic mass is 10.1. The van der Waals surface area contributed by atoms with E-state index in [1.807, 2.05) is 0 Å². The zero-order chi connectivity index (χ0) is 40.8. The number of nitrogens with one attached hydrogen (secondary N) is 1. The fraction of sp³-hybridized carbons (Fsp3) is 0.898. The summed E-state index contributed by atoms with van der Waals surface area (Å²) in [5.41, 5.74) is 0. The van der Waals surface area contributed by atoms with Crippen LogP contribution in [0, 0.1) is 0 Å². The van der Waals surface area contributed by atoms with E-state index in [0.29, 0.717) is 33.0 Å². The molecule has 0 aromatic heterocycles. The molecule has 0 radical (unpaired) electrons. The van der Waals surface area contributed by atoms with Crippen LogP contribution in [0.5, 0.6) is 0 Å². The summed E-state index contributed by atoms with van der Waals surface area (Å²) < 4.78 is 17.8. The Morgan fingerprint density at radius 3 is 1.27 bits per heavy atom. The number of rotatable bonds is 45. The summed E-state index contributed by atoms with van der Waals surface area (Å²) in [6.45, 7) is 16.6. The minimum Gasteiger partial charge on any atom is -0.441 e. The lowest BCUT2D eigenvalue weighted by molar-refractivity contribution is -0.0292. The number of unbranched alkanes of at least 4 members (excludes halogenated alkanes) is 24. The van der Waals surface area contributed by atoms with Crippen molar-refractivity contribution in [1.29, 1.82) is 0 Å². The molecule has 0 spiro atoms. The zero-order valence-corrected chi connectivity index (χ0v) is 38.3. The van der Waals surface area contributed by atoms with Crippen LogP contribution in [0.15, 0.2) is 24.3 Å². The number of hydrogen-bond donors (Lipinski definition) is 1. The second kappa shape index (κ2) is 46.3. The van der Waals surface area contributed by atoms with Crippen molar-refractivity contribution in [2.45, 2.75) is 214 Å². The summed E-state index contributed by atoms with van der Waals surface area (Å²) in [4.78, 5) is 17.4. The van der Waals surface area contributed by atoms with Crippen molar-refractivity contribution in [1.82, 2.24) is 15.1 Å². The Kier molecular flexibility index (Phi) is 45.1. The van der Waals surface area contributed by atoms with Crippen LogP contribution in [-0.4, -0.2) is 94.7 Å². The normalized spacial score (nSPS) is 12.1. The molecule has 1 amide bonds. The number of likely N-dealkylation sites (N-methyl/N-ethyl adjacent to an activating group) is 2. The van der Waals surface area contributed by atoms with Gasteiger partial charge in [-0.1, -0.05) is 168 Å². The van der Waals surface area contributed by atoms with E-state index in [0.717, 1.165) is 45.6 Å². The molecule has 0 atom stereocenters. The number of allylic oxidation sites excluding steroid dienone is 4. The minimum absolute atomic E-state index is 0.381. The van der Waals surface area contributed by atoms with Crippen molar-refractivity contribution in [3.8, 4) is 0 Å². The molecule has 0 heterocycles. The Labute approximate surface area is 349 Å². The molecule has 0 aliphatic carbocycles. The lowest BCUT2D eigenvalue weighted by Gasteiger charge is -2.23. The second-order valence-electron chi connectivity index (χ2n) is 16.3. The van der Waals surface area contributed by atoms with Gasteiger partial charge in [0, 0.05) is 39.4 Å². The van der Waals surface area contributed by atoms with Gasteiger partial charge in [-0.15, -0.1) is 0 Å². The smallest absolute Gasteiger partial charge is 0.407 e. The molecule has 0 aromatic carbocycles. The van der Waals surface area contributed by atoms with Gasteiger partial charge in [0.25, 0.3) is 0 Å². The Morgan fingerprint density at radius 1 is 0.500 bits per heavy atom. The highest BCUT2D eigenvalue weighted by molar-refractivity contribution is 5.67. The minimum atomic E-state index is -0.390. The van der Waals surface area contributed by atoms with Crippen molar-refractivity contribution < 1.29 is 19.0 Å². The Hall–Kier alpha value is -1.41. The van der Waals surface area contributed by atoms with Gasteiger partial charge >= 0.3 is 6.09 Å². The summed E-state index contributed by atoms with van der Waals surface area (Å²) in [6.07, 6.45) is 45.1. The zero-order valence-electron chi connectivity index (χ0n) is 38.3. The van der Waals surface area contributed by atoms with Crippen LogP contribution in [0.1, 0.15) is 207 Å². The van der Waals surface area contributed by atoms with Gasteiger partial charge in [0.05, 0.1) is 13.2 Å². The molecular weight excluding hydrogens is 695 g/mol. The van der Waals surface area contributed by atoms with Crippen LogP contribution >= 0.6 is 0 Å². The highest BCUT2D eigenvalue weighted by Gasteiger charge is 2.15. The summed E-state index contributed by atoms with van der Waals surface area (Å²) in [5, 5.41) is 2.94. The predicted molar refractivity (Wildman–Crippen MR) is 244 cm³/mol. The molecule has 332 valence electrons. The van der Waals surface area contributed by atoms with Crippen molar-refractivity contribution in [3.05, 3.63) is 24.3 Å². The topological polar surface area (TPSA) is 63.3 Å². The van der Waals surface area contributed by atoms with Crippen molar-refractivity contribution >= 4 is 6.09 Å². The van der Waals surface area contributed by atoms with Gasteiger partial charge < -0.3 is 29.3 Å². The van der Waals surface area contributed by atoms with Crippen LogP contribution in [0.25, 0.3) is 0 Å². The van der Waals surface area contributed by atoms with Crippen molar-refractivity contribution in [2.24, 2.45) is 0 Å². The van der Waals surface area contributed by atoms with Gasteiger partial charge in [-0.2, -0.15) is 0 Å². The number of alkyl carbamates (subject to hydrolysis) is 1. The molecule has 0 aliphatic rings. The fourth-order valence-electron chi connectivity index (χ4n) is 6.95. The van der Waals surface area contributed by atoms with Crippen LogP contribution < -0.4 is 5.32 Å². The molecule has 0 aliphatic heterocycles. The van der Waals surface area contributed by atoms with Crippen LogP contribution in [0.2, 0.25) is 0 Å². The van der Waals surface area contributed by atoms with E-state index in [4.69, 9.17) is 14.2 Å². The summed E-state index contributed by atoms with van der Waals surface area (Å²) in [7, 11) is 2.10. The Balaban J connectivity index is 4.18. The number of amides is 1. The molecule has 0 rings (SSSR count). The highest BCUT2D eigenvalue weighted by Crippen LogP contribution is 2.12. The monoisotopic (exact) mass is 792 g/mol. The number of hydrogen-bond acceptors (Lipinski definition) is 6. The predicted octanol–water partition coefficient (Wildman–Crippen LogP) is 13.5. The highest BCUT2D eigenvalue weighted by atomic mass is 16.6. The van der Waals surface area contributed by atoms with Crippen LogP contribution in [-0.2, 0) is 14.2 Å². The maximum absolute atomic E-state index is 12.7. The first-order valence-electron chi connectivity index (χ1n) is 24.4. The van der Waals surface area contributed by atoms with E-state index >= 15 is 0 Å². The molecule has 0 saturated heterocycles. The number of nitrogens with zero attached hydrogens (tertiary/aromatic N) is 2. The van der Waals surface area contributed by atoms with Crippen LogP contribution in [0.4, 0.5) is 4.79 Å². The van der Waals surface area contributed by atoms with Gasteiger partial charge in [-0.05, 0) is 84.3 Å². The third-order valence-corrected chi connectivity index (χ3v) is 10.9. The molecule has 0 fully saturated rings. The van der Waals surface area contributed by atoms with Crippen molar-refractivity contribution in [2.75, 3.05) is 72.7 Å². The second-order valence-corrected chi connectivity index (χ2v) is 16.3. The van der Waals surface area contributed by atoms with E-state index in [-0.39, 0.29) is 6.09 Å². The van der Waals surface area contributed by atoms with E-state index in [2.05, 4.69) is 74.2 Å². The van der Waals surface area contributed by atoms with Gasteiger partial charge in [-0.25, -0.2) is 4.79 Å². The Morgan fingerprint density at radius 2 is 0.875 bits per heavy atom. The van der Waals surface area contributed by atoms with Gasteiger partial charge in [0.15, 0.2) is 6.10 Å². The number of ether oxygens (including phenoxy) is 3. The van der Waals surface area contributed by atoms with E-state index in [9.17, 15) is 4.79 Å². The first kappa shape index (κ1) is 54.6. The average molecular weight is 792 g/mol. The molecular formula is C49H97N3O4. The maximum atomic E-state index is 12.7. The maximum Gasteiger partial charge on any atom is 0.407 e. The largest absolute Gasteiger partial charge is 0.441 e. The Bertz CT molecular complexity index is 788. The third kappa shape index (κ3) is 42.2. The van der Waals surface area contributed by atoms with Gasteiger partial charge in [-0.3, -0.25) is 0 Å². The van der Waals surface area contributed by atoms with Crippen LogP contribution in [0.3, 0.4) is 0 Å². The average Bonchev–Trinajstić information content (AvgIpc) is 3.20. The molecule has 56 heavy (non-hydrogen) atoms. The first-order chi connectivity index (χ1) is 27.6. The quantitative estimate of drug-likeness (QED) is 0.0489. The van der Waals surface area contributed by atoms with E-state index < -0.39 is 6.10 Å². The molecule has 7 nitrogen and oxygen atoms in total.